The SMILES string of the molecule is O=C(OCC(O)C1OC(=O)C(O)C1=O)c1cc(=O)c2c(O)cc(O)cc2o1. The maximum atomic E-state index is 12.0. The van der Waals surface area contributed by atoms with Crippen molar-refractivity contribution in [1.82, 2.24) is 0 Å². The van der Waals surface area contributed by atoms with E-state index in [1.54, 1.807) is 0 Å². The van der Waals surface area contributed by atoms with Crippen LogP contribution in [-0.2, 0) is 19.1 Å². The second-order valence-electron chi connectivity index (χ2n) is 5.64. The van der Waals surface area contributed by atoms with Crippen LogP contribution in [0, 0.1) is 0 Å². The van der Waals surface area contributed by atoms with Crippen molar-refractivity contribution in [1.29, 1.82) is 0 Å². The lowest BCUT2D eigenvalue weighted by Gasteiger charge is -2.15. The number of rotatable bonds is 4. The van der Waals surface area contributed by atoms with Gasteiger partial charge in [0, 0.05) is 18.2 Å². The summed E-state index contributed by atoms with van der Waals surface area (Å²) in [5.74, 6) is -5.06. The lowest BCUT2D eigenvalue weighted by atomic mass is 10.1. The van der Waals surface area contributed by atoms with Gasteiger partial charge in [0.25, 0.3) is 0 Å². The Hall–Kier alpha value is -3.44. The number of ketones is 1. The predicted octanol–water partition coefficient (Wildman–Crippen LogP) is -1.42. The maximum absolute atomic E-state index is 12.0. The normalized spacial score (nSPS) is 20.5. The molecule has 3 unspecified atom stereocenters. The molecule has 0 spiro atoms. The van der Waals surface area contributed by atoms with E-state index in [0.29, 0.717) is 0 Å². The fourth-order valence-electron chi connectivity index (χ4n) is 2.46. The van der Waals surface area contributed by atoms with Crippen LogP contribution in [0.3, 0.4) is 0 Å². The van der Waals surface area contributed by atoms with Crippen molar-refractivity contribution < 1.29 is 48.7 Å². The Morgan fingerprint density at radius 1 is 1.19 bits per heavy atom. The molecule has 0 aliphatic carbocycles. The number of phenolic OH excluding ortho intramolecular Hbond substituents is 2. The number of aliphatic hydroxyl groups excluding tert-OH is 2. The molecule has 4 N–H and O–H groups in total. The van der Waals surface area contributed by atoms with Crippen molar-refractivity contribution >= 4 is 28.7 Å². The van der Waals surface area contributed by atoms with Crippen LogP contribution >= 0.6 is 0 Å². The Kier molecular flexibility index (Phi) is 4.56. The summed E-state index contributed by atoms with van der Waals surface area (Å²) in [6.45, 7) is -0.803. The van der Waals surface area contributed by atoms with Gasteiger partial charge >= 0.3 is 11.9 Å². The van der Waals surface area contributed by atoms with Crippen LogP contribution < -0.4 is 5.43 Å². The monoisotopic (exact) mass is 380 g/mol. The van der Waals surface area contributed by atoms with Crippen LogP contribution in [0.15, 0.2) is 27.4 Å². The first-order valence-electron chi connectivity index (χ1n) is 7.46. The Balaban J connectivity index is 1.76. The second kappa shape index (κ2) is 6.70. The van der Waals surface area contributed by atoms with Crippen molar-refractivity contribution in [2.24, 2.45) is 0 Å². The van der Waals surface area contributed by atoms with Gasteiger partial charge in [-0.05, 0) is 0 Å². The van der Waals surface area contributed by atoms with Crippen LogP contribution in [0.25, 0.3) is 11.0 Å². The minimum atomic E-state index is -2.01. The fraction of sp³-hybridized carbons (Fsp3) is 0.250. The number of hydrogen-bond donors (Lipinski definition) is 4. The molecule has 2 aromatic rings. The quantitative estimate of drug-likeness (QED) is 0.361. The number of benzene rings is 1. The third-order valence-electron chi connectivity index (χ3n) is 3.75. The van der Waals surface area contributed by atoms with E-state index in [9.17, 15) is 39.6 Å². The van der Waals surface area contributed by atoms with Crippen LogP contribution in [0.5, 0.6) is 11.5 Å². The second-order valence-corrected chi connectivity index (χ2v) is 5.64. The van der Waals surface area contributed by atoms with Gasteiger partial charge in [-0.2, -0.15) is 0 Å². The molecule has 3 rings (SSSR count). The van der Waals surface area contributed by atoms with Crippen LogP contribution in [-0.4, -0.2) is 63.1 Å². The van der Waals surface area contributed by atoms with Crippen molar-refractivity contribution in [2.75, 3.05) is 6.61 Å². The third-order valence-corrected chi connectivity index (χ3v) is 3.75. The number of esters is 2. The molecule has 0 radical (unpaired) electrons. The van der Waals surface area contributed by atoms with E-state index in [-0.39, 0.29) is 11.0 Å². The lowest BCUT2D eigenvalue weighted by molar-refractivity contribution is -0.151. The third kappa shape index (κ3) is 3.32. The van der Waals surface area contributed by atoms with Crippen molar-refractivity contribution in [2.45, 2.75) is 18.3 Å². The average molecular weight is 380 g/mol. The maximum Gasteiger partial charge on any atom is 0.374 e. The van der Waals surface area contributed by atoms with Crippen molar-refractivity contribution in [3.05, 3.63) is 34.2 Å². The van der Waals surface area contributed by atoms with Gasteiger partial charge in [0.1, 0.15) is 35.2 Å². The number of phenols is 2. The zero-order valence-corrected chi connectivity index (χ0v) is 13.3. The number of carbonyl (C=O) groups excluding carboxylic acids is 3. The Morgan fingerprint density at radius 2 is 1.89 bits per heavy atom. The zero-order valence-electron chi connectivity index (χ0n) is 13.3. The molecule has 1 aliphatic heterocycles. The number of ether oxygens (including phenoxy) is 2. The molecule has 1 aromatic carbocycles. The number of hydrogen-bond acceptors (Lipinski definition) is 11. The molecule has 27 heavy (non-hydrogen) atoms. The summed E-state index contributed by atoms with van der Waals surface area (Å²) in [7, 11) is 0. The van der Waals surface area contributed by atoms with Gasteiger partial charge in [-0.15, -0.1) is 0 Å². The number of cyclic esters (lactones) is 1. The Labute approximate surface area is 149 Å². The van der Waals surface area contributed by atoms with Gasteiger partial charge < -0.3 is 34.3 Å². The predicted molar refractivity (Wildman–Crippen MR) is 83.0 cm³/mol. The minimum Gasteiger partial charge on any atom is -0.508 e. The van der Waals surface area contributed by atoms with Crippen LogP contribution in [0.1, 0.15) is 10.6 Å². The van der Waals surface area contributed by atoms with Gasteiger partial charge in [-0.1, -0.05) is 0 Å². The molecule has 1 saturated heterocycles. The van der Waals surface area contributed by atoms with Crippen molar-refractivity contribution in [3.8, 4) is 11.5 Å². The van der Waals surface area contributed by atoms with E-state index >= 15 is 0 Å². The van der Waals surface area contributed by atoms with Gasteiger partial charge in [-0.3, -0.25) is 9.59 Å². The molecule has 142 valence electrons. The van der Waals surface area contributed by atoms with E-state index in [4.69, 9.17) is 9.15 Å². The topological polar surface area (TPSA) is 181 Å². The summed E-state index contributed by atoms with van der Waals surface area (Å²) in [5, 5.41) is 37.8. The number of Topliss-reactive ketones (excluding diaryl/α,β-unsaturated/α-hetero) is 1. The molecular formula is C16H12O11. The minimum absolute atomic E-state index is 0.262. The number of aromatic hydroxyl groups is 2. The Bertz CT molecular complexity index is 1010. The van der Waals surface area contributed by atoms with Gasteiger partial charge in [0.15, 0.2) is 11.5 Å². The summed E-state index contributed by atoms with van der Waals surface area (Å²) in [4.78, 5) is 46.6. The smallest absolute Gasteiger partial charge is 0.374 e. The lowest BCUT2D eigenvalue weighted by Crippen LogP contribution is -2.38. The number of fused-ring (bicyclic) bond motifs is 1. The summed E-state index contributed by atoms with van der Waals surface area (Å²) in [6, 6.07) is 2.65. The number of carbonyl (C=O) groups is 3. The fourth-order valence-corrected chi connectivity index (χ4v) is 2.46. The first kappa shape index (κ1) is 18.4. The molecule has 2 heterocycles. The molecule has 11 heteroatoms. The van der Waals surface area contributed by atoms with Crippen molar-refractivity contribution in [3.63, 3.8) is 0 Å². The van der Waals surface area contributed by atoms with Gasteiger partial charge in [0.05, 0.1) is 0 Å². The van der Waals surface area contributed by atoms with E-state index < -0.39 is 65.3 Å². The summed E-state index contributed by atoms with van der Waals surface area (Å²) < 4.78 is 14.3. The molecule has 0 amide bonds. The highest BCUT2D eigenvalue weighted by atomic mass is 16.6. The van der Waals surface area contributed by atoms with Gasteiger partial charge in [0.2, 0.25) is 17.6 Å². The molecule has 1 fully saturated rings. The highest BCUT2D eigenvalue weighted by Gasteiger charge is 2.46. The van der Waals surface area contributed by atoms with E-state index in [2.05, 4.69) is 4.74 Å². The number of aliphatic hydroxyl groups is 2. The van der Waals surface area contributed by atoms with E-state index in [1.807, 2.05) is 0 Å². The van der Waals surface area contributed by atoms with E-state index in [1.165, 1.54) is 0 Å². The summed E-state index contributed by atoms with van der Waals surface area (Å²) in [5.41, 5.74) is -1.07. The molecule has 1 aromatic heterocycles. The standard InChI is InChI=1S/C16H12O11/c17-5-1-6(18)11-7(19)3-10(26-9(11)2-5)15(23)25-4-8(20)14-12(21)13(22)16(24)27-14/h1-3,8,13-14,17-18,20,22H,4H2. The van der Waals surface area contributed by atoms with Gasteiger partial charge in [-0.25, -0.2) is 9.59 Å². The van der Waals surface area contributed by atoms with Crippen LogP contribution in [0.2, 0.25) is 0 Å². The van der Waals surface area contributed by atoms with E-state index in [0.717, 1.165) is 18.2 Å². The average Bonchev–Trinajstić information content (AvgIpc) is 2.85. The Morgan fingerprint density at radius 3 is 2.52 bits per heavy atom. The summed E-state index contributed by atoms with van der Waals surface area (Å²) >= 11 is 0. The molecular weight excluding hydrogens is 368 g/mol. The molecule has 0 saturated carbocycles. The highest BCUT2D eigenvalue weighted by Crippen LogP contribution is 2.28. The first-order chi connectivity index (χ1) is 12.7. The largest absolute Gasteiger partial charge is 0.508 e. The zero-order chi connectivity index (χ0) is 19.9. The molecule has 0 bridgehead atoms. The molecule has 11 nitrogen and oxygen atoms in total. The first-order valence-corrected chi connectivity index (χ1v) is 7.46. The van der Waals surface area contributed by atoms with Crippen LogP contribution in [0.4, 0.5) is 0 Å². The molecule has 3 atom stereocenters. The molecule has 1 aliphatic rings. The highest BCUT2D eigenvalue weighted by molar-refractivity contribution is 6.09. The summed E-state index contributed by atoms with van der Waals surface area (Å²) in [6.07, 6.45) is -5.46.